The standard InChI is InChI=1S/C14H23NO2/c1-3-4-9-15(10-11-16)14-7-5-13(6-8-14)12(2)17/h5-8,12,16-17H,3-4,9-11H2,1-2H3. The fraction of sp³-hybridized carbons (Fsp3) is 0.571. The van der Waals surface area contributed by atoms with E-state index < -0.39 is 6.10 Å². The van der Waals surface area contributed by atoms with E-state index in [1.807, 2.05) is 24.3 Å². The van der Waals surface area contributed by atoms with Crippen molar-refractivity contribution in [1.29, 1.82) is 0 Å². The highest BCUT2D eigenvalue weighted by Crippen LogP contribution is 2.19. The van der Waals surface area contributed by atoms with E-state index in [4.69, 9.17) is 5.11 Å². The quantitative estimate of drug-likeness (QED) is 0.765. The maximum absolute atomic E-state index is 9.44. The lowest BCUT2D eigenvalue weighted by Gasteiger charge is -2.24. The third-order valence-electron chi connectivity index (χ3n) is 2.89. The number of aliphatic hydroxyl groups is 2. The van der Waals surface area contributed by atoms with Crippen LogP contribution in [0.3, 0.4) is 0 Å². The van der Waals surface area contributed by atoms with E-state index in [1.165, 1.54) is 0 Å². The lowest BCUT2D eigenvalue weighted by Crippen LogP contribution is -2.27. The zero-order chi connectivity index (χ0) is 12.7. The Hall–Kier alpha value is -1.06. The Bertz CT molecular complexity index is 309. The van der Waals surface area contributed by atoms with Gasteiger partial charge >= 0.3 is 0 Å². The first-order valence-electron chi connectivity index (χ1n) is 6.32. The first-order valence-corrected chi connectivity index (χ1v) is 6.32. The minimum Gasteiger partial charge on any atom is -0.395 e. The van der Waals surface area contributed by atoms with Crippen LogP contribution in [0.5, 0.6) is 0 Å². The number of unbranched alkanes of at least 4 members (excludes halogenated alkanes) is 1. The molecule has 0 saturated heterocycles. The van der Waals surface area contributed by atoms with E-state index in [-0.39, 0.29) is 6.61 Å². The van der Waals surface area contributed by atoms with Gasteiger partial charge in [-0.05, 0) is 31.0 Å². The highest BCUT2D eigenvalue weighted by molar-refractivity contribution is 5.47. The Kier molecular flexibility index (Phi) is 6.01. The molecule has 3 nitrogen and oxygen atoms in total. The summed E-state index contributed by atoms with van der Waals surface area (Å²) in [5, 5.41) is 18.5. The molecule has 0 heterocycles. The van der Waals surface area contributed by atoms with Crippen LogP contribution in [0.15, 0.2) is 24.3 Å². The molecule has 1 unspecified atom stereocenters. The minimum absolute atomic E-state index is 0.169. The van der Waals surface area contributed by atoms with E-state index in [1.54, 1.807) is 6.92 Å². The van der Waals surface area contributed by atoms with Crippen LogP contribution in [-0.2, 0) is 0 Å². The molecule has 0 radical (unpaired) electrons. The predicted octanol–water partition coefficient (Wildman–Crippen LogP) is 2.34. The Morgan fingerprint density at radius 1 is 1.18 bits per heavy atom. The summed E-state index contributed by atoms with van der Waals surface area (Å²) in [4.78, 5) is 2.18. The second-order valence-corrected chi connectivity index (χ2v) is 4.33. The SMILES string of the molecule is CCCCN(CCO)c1ccc(C(C)O)cc1. The second kappa shape index (κ2) is 7.30. The predicted molar refractivity (Wildman–Crippen MR) is 71.3 cm³/mol. The monoisotopic (exact) mass is 237 g/mol. The molecule has 2 N–H and O–H groups in total. The number of anilines is 1. The van der Waals surface area contributed by atoms with E-state index in [2.05, 4.69) is 11.8 Å². The third-order valence-corrected chi connectivity index (χ3v) is 2.89. The van der Waals surface area contributed by atoms with Gasteiger partial charge < -0.3 is 15.1 Å². The van der Waals surface area contributed by atoms with Crippen molar-refractivity contribution in [3.8, 4) is 0 Å². The molecule has 96 valence electrons. The number of aliphatic hydroxyl groups excluding tert-OH is 2. The van der Waals surface area contributed by atoms with Crippen LogP contribution in [0.1, 0.15) is 38.4 Å². The van der Waals surface area contributed by atoms with Gasteiger partial charge in [0, 0.05) is 18.8 Å². The van der Waals surface area contributed by atoms with Gasteiger partial charge in [0.2, 0.25) is 0 Å². The number of hydrogen-bond donors (Lipinski definition) is 2. The highest BCUT2D eigenvalue weighted by atomic mass is 16.3. The van der Waals surface area contributed by atoms with Crippen LogP contribution >= 0.6 is 0 Å². The molecule has 0 bridgehead atoms. The maximum atomic E-state index is 9.44. The van der Waals surface area contributed by atoms with Crippen molar-refractivity contribution >= 4 is 5.69 Å². The summed E-state index contributed by atoms with van der Waals surface area (Å²) in [6.45, 7) is 5.71. The van der Waals surface area contributed by atoms with Crippen LogP contribution < -0.4 is 4.90 Å². The van der Waals surface area contributed by atoms with E-state index in [9.17, 15) is 5.11 Å². The zero-order valence-electron chi connectivity index (χ0n) is 10.8. The molecule has 1 aromatic rings. The van der Waals surface area contributed by atoms with Gasteiger partial charge in [-0.2, -0.15) is 0 Å². The summed E-state index contributed by atoms with van der Waals surface area (Å²) in [5.74, 6) is 0. The Labute approximate surface area is 104 Å². The van der Waals surface area contributed by atoms with Crippen LogP contribution in [0, 0.1) is 0 Å². The first kappa shape index (κ1) is 14.0. The van der Waals surface area contributed by atoms with Gasteiger partial charge in [0.1, 0.15) is 0 Å². The van der Waals surface area contributed by atoms with Crippen molar-refractivity contribution in [3.05, 3.63) is 29.8 Å². The van der Waals surface area contributed by atoms with E-state index in [0.29, 0.717) is 6.54 Å². The van der Waals surface area contributed by atoms with Crippen molar-refractivity contribution in [3.63, 3.8) is 0 Å². The molecule has 0 saturated carbocycles. The lowest BCUT2D eigenvalue weighted by atomic mass is 10.1. The zero-order valence-corrected chi connectivity index (χ0v) is 10.8. The van der Waals surface area contributed by atoms with Crippen molar-refractivity contribution < 1.29 is 10.2 Å². The normalized spacial score (nSPS) is 12.5. The molecule has 0 aliphatic heterocycles. The van der Waals surface area contributed by atoms with Crippen molar-refractivity contribution in [2.75, 3.05) is 24.6 Å². The van der Waals surface area contributed by atoms with Crippen molar-refractivity contribution in [1.82, 2.24) is 0 Å². The molecule has 17 heavy (non-hydrogen) atoms. The highest BCUT2D eigenvalue weighted by Gasteiger charge is 2.06. The van der Waals surface area contributed by atoms with Gasteiger partial charge in [0.25, 0.3) is 0 Å². The van der Waals surface area contributed by atoms with Crippen molar-refractivity contribution in [2.24, 2.45) is 0 Å². The summed E-state index contributed by atoms with van der Waals surface area (Å²) < 4.78 is 0. The number of benzene rings is 1. The molecular formula is C14H23NO2. The smallest absolute Gasteiger partial charge is 0.0761 e. The molecule has 0 amide bonds. The van der Waals surface area contributed by atoms with Crippen LogP contribution in [0.25, 0.3) is 0 Å². The van der Waals surface area contributed by atoms with Gasteiger partial charge in [-0.3, -0.25) is 0 Å². The molecule has 1 rings (SSSR count). The van der Waals surface area contributed by atoms with Gasteiger partial charge in [-0.1, -0.05) is 25.5 Å². The second-order valence-electron chi connectivity index (χ2n) is 4.33. The summed E-state index contributed by atoms with van der Waals surface area (Å²) >= 11 is 0. The van der Waals surface area contributed by atoms with E-state index in [0.717, 1.165) is 30.6 Å². The van der Waals surface area contributed by atoms with Gasteiger partial charge in [0.15, 0.2) is 0 Å². The molecule has 0 fully saturated rings. The molecule has 1 atom stereocenters. The molecule has 3 heteroatoms. The van der Waals surface area contributed by atoms with Gasteiger partial charge in [-0.15, -0.1) is 0 Å². The molecular weight excluding hydrogens is 214 g/mol. The van der Waals surface area contributed by atoms with E-state index >= 15 is 0 Å². The van der Waals surface area contributed by atoms with Crippen LogP contribution in [0.4, 0.5) is 5.69 Å². The van der Waals surface area contributed by atoms with Gasteiger partial charge in [-0.25, -0.2) is 0 Å². The van der Waals surface area contributed by atoms with Crippen LogP contribution in [-0.4, -0.2) is 29.9 Å². The first-order chi connectivity index (χ1) is 8.19. The Morgan fingerprint density at radius 2 is 1.82 bits per heavy atom. The number of nitrogens with zero attached hydrogens (tertiary/aromatic N) is 1. The summed E-state index contributed by atoms with van der Waals surface area (Å²) in [7, 11) is 0. The maximum Gasteiger partial charge on any atom is 0.0761 e. The minimum atomic E-state index is -0.425. The number of hydrogen-bond acceptors (Lipinski definition) is 3. The Balaban J connectivity index is 2.72. The fourth-order valence-corrected chi connectivity index (χ4v) is 1.80. The molecule has 0 aliphatic rings. The van der Waals surface area contributed by atoms with Crippen LogP contribution in [0.2, 0.25) is 0 Å². The average Bonchev–Trinajstić information content (AvgIpc) is 2.34. The number of rotatable bonds is 7. The fourth-order valence-electron chi connectivity index (χ4n) is 1.80. The van der Waals surface area contributed by atoms with Gasteiger partial charge in [0.05, 0.1) is 12.7 Å². The molecule has 0 spiro atoms. The summed E-state index contributed by atoms with van der Waals surface area (Å²) in [6.07, 6.45) is 1.84. The lowest BCUT2D eigenvalue weighted by molar-refractivity contribution is 0.199. The average molecular weight is 237 g/mol. The molecule has 0 aromatic heterocycles. The summed E-state index contributed by atoms with van der Waals surface area (Å²) in [6, 6.07) is 7.90. The molecule has 1 aromatic carbocycles. The summed E-state index contributed by atoms with van der Waals surface area (Å²) in [5.41, 5.74) is 2.03. The largest absolute Gasteiger partial charge is 0.395 e. The topological polar surface area (TPSA) is 43.7 Å². The third kappa shape index (κ3) is 4.36. The van der Waals surface area contributed by atoms with Crippen molar-refractivity contribution in [2.45, 2.75) is 32.8 Å². The molecule has 0 aliphatic carbocycles. The Morgan fingerprint density at radius 3 is 2.29 bits per heavy atom.